The number of benzene rings is 2. The maximum absolute atomic E-state index is 9.48. The Morgan fingerprint density at radius 3 is 2.38 bits per heavy atom. The number of phenolic OH excluding ortho intramolecular Hbond substituents is 1. The average Bonchev–Trinajstić information content (AvgIpc) is 2.98. The first-order valence-electron chi connectivity index (χ1n) is 7.38. The number of rotatable bonds is 2. The van der Waals surface area contributed by atoms with Crippen LogP contribution in [0.2, 0.25) is 5.02 Å². The van der Waals surface area contributed by atoms with Crippen molar-refractivity contribution < 1.29 is 5.11 Å². The van der Waals surface area contributed by atoms with Crippen molar-refractivity contribution in [2.45, 2.75) is 17.3 Å². The highest BCUT2D eigenvalue weighted by Crippen LogP contribution is 2.33. The van der Waals surface area contributed by atoms with Gasteiger partial charge in [0.05, 0.1) is 11.0 Å². The molecule has 2 heterocycles. The molecule has 0 saturated heterocycles. The molecule has 120 valence electrons. The third-order valence-corrected chi connectivity index (χ3v) is 5.05. The Morgan fingerprint density at radius 1 is 1.00 bits per heavy atom. The average molecular weight is 357 g/mol. The lowest BCUT2D eigenvalue weighted by molar-refractivity contribution is 0.475. The van der Waals surface area contributed by atoms with Crippen LogP contribution in [-0.4, -0.2) is 30.9 Å². The van der Waals surface area contributed by atoms with E-state index in [4.69, 9.17) is 16.7 Å². The van der Waals surface area contributed by atoms with E-state index >= 15 is 0 Å². The van der Waals surface area contributed by atoms with Crippen molar-refractivity contribution in [3.05, 3.63) is 59.1 Å². The molecule has 7 heteroatoms. The summed E-state index contributed by atoms with van der Waals surface area (Å²) in [7, 11) is 0. The zero-order valence-corrected chi connectivity index (χ0v) is 14.3. The zero-order valence-electron chi connectivity index (χ0n) is 12.7. The summed E-state index contributed by atoms with van der Waals surface area (Å²) in [5, 5.41) is 24.3. The van der Waals surface area contributed by atoms with Crippen LogP contribution in [0, 0.1) is 0 Å². The van der Waals surface area contributed by atoms with Gasteiger partial charge in [0.1, 0.15) is 5.75 Å². The molecule has 0 bridgehead atoms. The predicted molar refractivity (Wildman–Crippen MR) is 95.8 cm³/mol. The second-order valence-electron chi connectivity index (χ2n) is 5.42. The molecule has 2 aromatic carbocycles. The van der Waals surface area contributed by atoms with Crippen LogP contribution >= 0.6 is 23.4 Å². The Morgan fingerprint density at radius 2 is 1.67 bits per heavy atom. The first-order valence-corrected chi connectivity index (χ1v) is 8.64. The Labute approximate surface area is 148 Å². The van der Waals surface area contributed by atoms with Crippen LogP contribution in [0.3, 0.4) is 0 Å². The van der Waals surface area contributed by atoms with Gasteiger partial charge in [-0.3, -0.25) is 0 Å². The van der Waals surface area contributed by atoms with Crippen molar-refractivity contribution in [3.8, 4) is 17.1 Å². The molecule has 4 rings (SSSR count). The summed E-state index contributed by atoms with van der Waals surface area (Å²) in [4.78, 5) is 0. The maximum Gasteiger partial charge on any atom is 0.213 e. The molecule has 3 aromatic rings. The van der Waals surface area contributed by atoms with E-state index in [1.54, 1.807) is 28.6 Å². The fourth-order valence-corrected chi connectivity index (χ4v) is 3.59. The second-order valence-corrected chi connectivity index (χ2v) is 7.16. The zero-order chi connectivity index (χ0) is 16.7. The van der Waals surface area contributed by atoms with E-state index in [1.165, 1.54) is 0 Å². The molecule has 1 aromatic heterocycles. The van der Waals surface area contributed by atoms with Gasteiger partial charge in [0.15, 0.2) is 5.82 Å². The molecule has 0 saturated carbocycles. The molecule has 0 spiro atoms. The Kier molecular flexibility index (Phi) is 3.78. The summed E-state index contributed by atoms with van der Waals surface area (Å²) >= 11 is 7.56. The number of hydrogen-bond donors (Lipinski definition) is 1. The number of aromatic nitrogens is 3. The number of nitrogens with zero attached hydrogens (tertiary/aromatic N) is 4. The predicted octanol–water partition coefficient (Wildman–Crippen LogP) is 4.05. The lowest BCUT2D eigenvalue weighted by Crippen LogP contribution is -2.21. The lowest BCUT2D eigenvalue weighted by atomic mass is 10.1. The normalized spacial score (nSPS) is 16.6. The summed E-state index contributed by atoms with van der Waals surface area (Å²) < 4.78 is 1.76. The first-order chi connectivity index (χ1) is 11.6. The Balaban J connectivity index is 1.81. The van der Waals surface area contributed by atoms with Gasteiger partial charge in [0.2, 0.25) is 5.16 Å². The number of thioether (sulfide) groups is 1. The molecule has 1 atom stereocenters. The highest BCUT2D eigenvalue weighted by atomic mass is 35.5. The van der Waals surface area contributed by atoms with E-state index in [0.29, 0.717) is 10.8 Å². The van der Waals surface area contributed by atoms with E-state index in [2.05, 4.69) is 17.1 Å². The van der Waals surface area contributed by atoms with Gasteiger partial charge in [-0.1, -0.05) is 23.4 Å². The largest absolute Gasteiger partial charge is 0.508 e. The summed E-state index contributed by atoms with van der Waals surface area (Å²) in [5.74, 6) is 0.916. The van der Waals surface area contributed by atoms with Crippen molar-refractivity contribution in [2.75, 3.05) is 0 Å². The monoisotopic (exact) mass is 356 g/mol. The molecule has 0 unspecified atom stereocenters. The van der Waals surface area contributed by atoms with Crippen molar-refractivity contribution in [1.82, 2.24) is 14.9 Å². The van der Waals surface area contributed by atoms with Gasteiger partial charge >= 0.3 is 0 Å². The van der Waals surface area contributed by atoms with Gasteiger partial charge in [-0.05, 0) is 61.0 Å². The fourth-order valence-electron chi connectivity index (χ4n) is 2.54. The van der Waals surface area contributed by atoms with E-state index in [9.17, 15) is 5.11 Å². The second kappa shape index (κ2) is 5.96. The van der Waals surface area contributed by atoms with Crippen molar-refractivity contribution in [3.63, 3.8) is 0 Å². The number of phenols is 1. The topological polar surface area (TPSA) is 63.3 Å². The maximum atomic E-state index is 9.48. The van der Waals surface area contributed by atoms with Crippen LogP contribution in [-0.2, 0) is 0 Å². The summed E-state index contributed by atoms with van der Waals surface area (Å²) in [6.07, 6.45) is 0. The minimum absolute atomic E-state index is 0.143. The van der Waals surface area contributed by atoms with Gasteiger partial charge in [-0.2, -0.15) is 9.78 Å². The van der Waals surface area contributed by atoms with Crippen LogP contribution in [0.4, 0.5) is 0 Å². The third-order valence-electron chi connectivity index (χ3n) is 3.75. The van der Waals surface area contributed by atoms with Crippen LogP contribution in [0.1, 0.15) is 12.5 Å². The Hall–Kier alpha value is -2.31. The van der Waals surface area contributed by atoms with Crippen molar-refractivity contribution >= 4 is 29.1 Å². The van der Waals surface area contributed by atoms with Crippen molar-refractivity contribution in [2.24, 2.45) is 5.10 Å². The number of fused-ring (bicyclic) bond motifs is 1. The standard InChI is InChI=1S/C17H13ClN4OS/c1-10-15(11-4-8-14(23)9-5-11)21-22-16(19-20-17(22)24-10)12-2-6-13(18)7-3-12/h2-10,23H,1H3/t10-/m1/s1. The van der Waals surface area contributed by atoms with Gasteiger partial charge < -0.3 is 5.11 Å². The number of aromatic hydroxyl groups is 1. The third kappa shape index (κ3) is 2.68. The highest BCUT2D eigenvalue weighted by Gasteiger charge is 2.26. The van der Waals surface area contributed by atoms with Crippen LogP contribution < -0.4 is 0 Å². The molecule has 1 aliphatic rings. The SMILES string of the molecule is C[C@H]1Sc2nnc(-c3ccc(Cl)cc3)n2N=C1c1ccc(O)cc1. The molecular formula is C17H13ClN4OS. The molecular weight excluding hydrogens is 344 g/mol. The van der Waals surface area contributed by atoms with Gasteiger partial charge in [0, 0.05) is 10.6 Å². The van der Waals surface area contributed by atoms with Gasteiger partial charge in [-0.15, -0.1) is 10.2 Å². The number of halogens is 1. The minimum Gasteiger partial charge on any atom is -0.508 e. The van der Waals surface area contributed by atoms with E-state index in [-0.39, 0.29) is 11.0 Å². The van der Waals surface area contributed by atoms with Gasteiger partial charge in [0.25, 0.3) is 0 Å². The summed E-state index contributed by atoms with van der Waals surface area (Å²) in [5.41, 5.74) is 2.79. The molecule has 24 heavy (non-hydrogen) atoms. The highest BCUT2D eigenvalue weighted by molar-refractivity contribution is 8.00. The fraction of sp³-hybridized carbons (Fsp3) is 0.118. The van der Waals surface area contributed by atoms with Crippen LogP contribution in [0.5, 0.6) is 5.75 Å². The summed E-state index contributed by atoms with van der Waals surface area (Å²) in [6.45, 7) is 2.08. The van der Waals surface area contributed by atoms with Crippen LogP contribution in [0.15, 0.2) is 58.8 Å². The molecule has 5 nitrogen and oxygen atoms in total. The van der Waals surface area contributed by atoms with E-state index < -0.39 is 0 Å². The molecule has 0 fully saturated rings. The van der Waals surface area contributed by atoms with E-state index in [1.807, 2.05) is 36.4 Å². The first kappa shape index (κ1) is 15.2. The molecule has 0 aliphatic carbocycles. The number of hydrogen-bond acceptors (Lipinski definition) is 5. The van der Waals surface area contributed by atoms with Crippen LogP contribution in [0.25, 0.3) is 11.4 Å². The Bertz CT molecular complexity index is 919. The minimum atomic E-state index is 0.143. The smallest absolute Gasteiger partial charge is 0.213 e. The van der Waals surface area contributed by atoms with Gasteiger partial charge in [-0.25, -0.2) is 0 Å². The molecule has 0 radical (unpaired) electrons. The molecule has 1 aliphatic heterocycles. The quantitative estimate of drug-likeness (QED) is 0.752. The lowest BCUT2D eigenvalue weighted by Gasteiger charge is -2.20. The molecule has 0 amide bonds. The summed E-state index contributed by atoms with van der Waals surface area (Å²) in [6, 6.07) is 14.5. The van der Waals surface area contributed by atoms with Crippen molar-refractivity contribution in [1.29, 1.82) is 0 Å². The van der Waals surface area contributed by atoms with E-state index in [0.717, 1.165) is 22.0 Å². The molecule has 1 N–H and O–H groups in total.